The van der Waals surface area contributed by atoms with Crippen LogP contribution in [0, 0.1) is 17.5 Å². The van der Waals surface area contributed by atoms with Gasteiger partial charge < -0.3 is 14.8 Å². The van der Waals surface area contributed by atoms with Crippen LogP contribution in [-0.4, -0.2) is 24.2 Å². The first-order chi connectivity index (χ1) is 15.0. The molecule has 1 aliphatic heterocycles. The molecule has 4 nitrogen and oxygen atoms in total. The van der Waals surface area contributed by atoms with Crippen LogP contribution in [0.1, 0.15) is 12.0 Å². The van der Waals surface area contributed by atoms with Gasteiger partial charge in [0.2, 0.25) is 0 Å². The highest BCUT2D eigenvalue weighted by atomic mass is 35.5. The zero-order valence-electron chi connectivity index (χ0n) is 16.0. The van der Waals surface area contributed by atoms with Crippen LogP contribution in [0.25, 0.3) is 5.57 Å². The number of hydrogen-bond acceptors (Lipinski definition) is 6. The van der Waals surface area contributed by atoms with E-state index in [9.17, 15) is 13.2 Å². The molecule has 1 aliphatic rings. The Labute approximate surface area is 190 Å². The third-order valence-corrected chi connectivity index (χ3v) is 6.29. The molecule has 0 saturated heterocycles. The van der Waals surface area contributed by atoms with Crippen LogP contribution in [-0.2, 0) is 0 Å². The molecule has 0 saturated carbocycles. The number of anilines is 1. The number of aromatic nitrogens is 1. The summed E-state index contributed by atoms with van der Waals surface area (Å²) in [7, 11) is 0. The van der Waals surface area contributed by atoms with E-state index in [1.807, 2.05) is 6.08 Å². The van der Waals surface area contributed by atoms with Crippen molar-refractivity contribution in [3.05, 3.63) is 75.3 Å². The van der Waals surface area contributed by atoms with Crippen molar-refractivity contribution >= 4 is 46.3 Å². The van der Waals surface area contributed by atoms with E-state index in [0.29, 0.717) is 22.8 Å². The van der Waals surface area contributed by atoms with Gasteiger partial charge in [-0.1, -0.05) is 17.7 Å². The summed E-state index contributed by atoms with van der Waals surface area (Å²) >= 11 is 8.78. The van der Waals surface area contributed by atoms with E-state index < -0.39 is 17.5 Å². The standard InChI is InChI=1S/C21H17ClF3N3OS2/c22-16-7-20(31-28-21-10-30-11-27-21)17(25)8-19(16)29-9-18-15(2-1-3-26-18)12-4-13(23)6-14(24)5-12/h2,4-8,10-11,18,26,28H,1,3,9H2. The van der Waals surface area contributed by atoms with Crippen molar-refractivity contribution in [1.29, 1.82) is 0 Å². The Morgan fingerprint density at radius 3 is 2.74 bits per heavy atom. The zero-order valence-corrected chi connectivity index (χ0v) is 18.4. The lowest BCUT2D eigenvalue weighted by molar-refractivity contribution is 0.287. The molecule has 162 valence electrons. The van der Waals surface area contributed by atoms with Gasteiger partial charge in [-0.2, -0.15) is 0 Å². The molecule has 2 aromatic carbocycles. The molecule has 2 heterocycles. The fraction of sp³-hybridized carbons (Fsp3) is 0.190. The Bertz CT molecular complexity index is 1080. The summed E-state index contributed by atoms with van der Waals surface area (Å²) in [5, 5.41) is 5.32. The van der Waals surface area contributed by atoms with Gasteiger partial charge in [-0.05, 0) is 54.2 Å². The molecule has 1 unspecified atom stereocenters. The molecule has 1 atom stereocenters. The van der Waals surface area contributed by atoms with Crippen molar-refractivity contribution in [2.75, 3.05) is 17.9 Å². The lowest BCUT2D eigenvalue weighted by atomic mass is 9.95. The quantitative estimate of drug-likeness (QED) is 0.394. The topological polar surface area (TPSA) is 46.2 Å². The van der Waals surface area contributed by atoms with Gasteiger partial charge in [-0.15, -0.1) is 11.3 Å². The van der Waals surface area contributed by atoms with E-state index in [4.69, 9.17) is 16.3 Å². The van der Waals surface area contributed by atoms with Crippen molar-refractivity contribution in [1.82, 2.24) is 10.3 Å². The first kappa shape index (κ1) is 22.0. The molecule has 0 amide bonds. The molecule has 31 heavy (non-hydrogen) atoms. The van der Waals surface area contributed by atoms with Gasteiger partial charge >= 0.3 is 0 Å². The maximum atomic E-state index is 14.5. The zero-order chi connectivity index (χ0) is 21.8. The summed E-state index contributed by atoms with van der Waals surface area (Å²) in [5.74, 6) is -0.973. The summed E-state index contributed by atoms with van der Waals surface area (Å²) in [6.07, 6.45) is 2.64. The Morgan fingerprint density at radius 2 is 2.00 bits per heavy atom. The van der Waals surface area contributed by atoms with Crippen molar-refractivity contribution in [2.45, 2.75) is 17.4 Å². The molecular weight excluding hydrogens is 467 g/mol. The van der Waals surface area contributed by atoms with Crippen LogP contribution in [0.15, 0.2) is 52.2 Å². The molecule has 10 heteroatoms. The second-order valence-corrected chi connectivity index (χ2v) is 8.69. The first-order valence-corrected chi connectivity index (χ1v) is 11.5. The molecule has 0 spiro atoms. The van der Waals surface area contributed by atoms with Gasteiger partial charge in [0.15, 0.2) is 0 Å². The van der Waals surface area contributed by atoms with E-state index in [1.54, 1.807) is 10.9 Å². The van der Waals surface area contributed by atoms with Crippen LogP contribution in [0.3, 0.4) is 0 Å². The molecule has 4 rings (SSSR count). The number of benzene rings is 2. The highest BCUT2D eigenvalue weighted by Gasteiger charge is 2.21. The number of nitrogens with zero attached hydrogens (tertiary/aromatic N) is 1. The summed E-state index contributed by atoms with van der Waals surface area (Å²) in [5.41, 5.74) is 2.83. The SMILES string of the molecule is Fc1cc(F)cc(C2=CCCNC2COc2cc(F)c(SNc3cscn3)cc2Cl)c1. The molecule has 0 aliphatic carbocycles. The lowest BCUT2D eigenvalue weighted by Crippen LogP contribution is -2.38. The second-order valence-electron chi connectivity index (χ2n) is 6.71. The molecule has 0 radical (unpaired) electrons. The molecule has 0 bridgehead atoms. The van der Waals surface area contributed by atoms with Crippen molar-refractivity contribution < 1.29 is 17.9 Å². The minimum Gasteiger partial charge on any atom is -0.490 e. The lowest BCUT2D eigenvalue weighted by Gasteiger charge is -2.26. The normalized spacial score (nSPS) is 16.1. The molecule has 3 aromatic rings. The van der Waals surface area contributed by atoms with Crippen molar-refractivity contribution in [3.63, 3.8) is 0 Å². The van der Waals surface area contributed by atoms with Gasteiger partial charge in [0.25, 0.3) is 0 Å². The van der Waals surface area contributed by atoms with Crippen molar-refractivity contribution in [3.8, 4) is 5.75 Å². The molecule has 1 aromatic heterocycles. The van der Waals surface area contributed by atoms with Crippen molar-refractivity contribution in [2.24, 2.45) is 0 Å². The monoisotopic (exact) mass is 483 g/mol. The molecule has 2 N–H and O–H groups in total. The van der Waals surface area contributed by atoms with Gasteiger partial charge in [0.05, 0.1) is 21.5 Å². The molecular formula is C21H17ClF3N3OS2. The number of hydrogen-bond donors (Lipinski definition) is 2. The van der Waals surface area contributed by atoms with Crippen LogP contribution in [0.4, 0.5) is 19.0 Å². The Kier molecular flexibility index (Phi) is 7.06. The Morgan fingerprint density at radius 1 is 1.19 bits per heavy atom. The smallest absolute Gasteiger partial charge is 0.147 e. The predicted octanol–water partition coefficient (Wildman–Crippen LogP) is 6.16. The van der Waals surface area contributed by atoms with Gasteiger partial charge in [-0.25, -0.2) is 18.2 Å². The third kappa shape index (κ3) is 5.54. The van der Waals surface area contributed by atoms with E-state index >= 15 is 0 Å². The fourth-order valence-corrected chi connectivity index (χ4v) is 4.67. The van der Waals surface area contributed by atoms with E-state index in [1.165, 1.54) is 35.6 Å². The largest absolute Gasteiger partial charge is 0.490 e. The number of halogens is 4. The van der Waals surface area contributed by atoms with Gasteiger partial charge in [0.1, 0.15) is 35.6 Å². The number of rotatable bonds is 7. The second kappa shape index (κ2) is 9.95. The number of nitrogens with one attached hydrogen (secondary N) is 2. The Hall–Kier alpha value is -2.20. The average molecular weight is 484 g/mol. The van der Waals surface area contributed by atoms with Crippen LogP contribution in [0.2, 0.25) is 5.02 Å². The van der Waals surface area contributed by atoms with Crippen LogP contribution < -0.4 is 14.8 Å². The summed E-state index contributed by atoms with van der Waals surface area (Å²) < 4.78 is 50.6. The number of ether oxygens (including phenoxy) is 1. The van der Waals surface area contributed by atoms with Gasteiger partial charge in [-0.3, -0.25) is 0 Å². The first-order valence-electron chi connectivity index (χ1n) is 9.32. The Balaban J connectivity index is 1.45. The summed E-state index contributed by atoms with van der Waals surface area (Å²) in [6, 6.07) is 5.77. The summed E-state index contributed by atoms with van der Waals surface area (Å²) in [4.78, 5) is 4.38. The van der Waals surface area contributed by atoms with E-state index in [-0.39, 0.29) is 23.4 Å². The van der Waals surface area contributed by atoms with Crippen LogP contribution in [0.5, 0.6) is 5.75 Å². The maximum absolute atomic E-state index is 14.5. The van der Waals surface area contributed by atoms with E-state index in [0.717, 1.165) is 30.0 Å². The minimum absolute atomic E-state index is 0.118. The summed E-state index contributed by atoms with van der Waals surface area (Å²) in [6.45, 7) is 0.808. The average Bonchev–Trinajstić information content (AvgIpc) is 3.26. The van der Waals surface area contributed by atoms with E-state index in [2.05, 4.69) is 15.0 Å². The fourth-order valence-electron chi connectivity index (χ4n) is 3.17. The maximum Gasteiger partial charge on any atom is 0.147 e. The number of thiazole rings is 1. The minimum atomic E-state index is -0.648. The third-order valence-electron chi connectivity index (χ3n) is 4.56. The van der Waals surface area contributed by atoms with Gasteiger partial charge in [0, 0.05) is 17.5 Å². The highest BCUT2D eigenvalue weighted by Crippen LogP contribution is 2.34. The van der Waals surface area contributed by atoms with Crippen LogP contribution >= 0.6 is 34.9 Å². The molecule has 0 fully saturated rings. The predicted molar refractivity (Wildman–Crippen MR) is 119 cm³/mol. The highest BCUT2D eigenvalue weighted by molar-refractivity contribution is 8.00.